The first-order valence-electron chi connectivity index (χ1n) is 5.86. The minimum Gasteiger partial charge on any atom is -0.345 e. The average Bonchev–Trinajstić information content (AvgIpc) is 2.38. The Kier molecular flexibility index (Phi) is 6.74. The average molecular weight is 252 g/mol. The highest BCUT2D eigenvalue weighted by molar-refractivity contribution is 7.99. The van der Waals surface area contributed by atoms with Crippen molar-refractivity contribution in [1.29, 1.82) is 0 Å². The molecule has 0 aliphatic heterocycles. The van der Waals surface area contributed by atoms with Gasteiger partial charge >= 0.3 is 0 Å². The summed E-state index contributed by atoms with van der Waals surface area (Å²) in [5.74, 6) is 1.13. The van der Waals surface area contributed by atoms with Crippen LogP contribution in [0.25, 0.3) is 0 Å². The molecule has 1 amide bonds. The molecule has 1 aromatic carbocycles. The van der Waals surface area contributed by atoms with Gasteiger partial charge in [-0.15, -0.1) is 11.8 Å². The lowest BCUT2D eigenvalue weighted by Crippen LogP contribution is -2.36. The second-order valence-corrected chi connectivity index (χ2v) is 4.91. The van der Waals surface area contributed by atoms with Gasteiger partial charge in [0.25, 0.3) is 0 Å². The molecule has 0 aliphatic rings. The SMILES string of the molecule is CCN(C)C(=O)CNCCSc1ccccc1. The third kappa shape index (κ3) is 5.75. The Bertz CT molecular complexity index is 329. The predicted octanol–water partition coefficient (Wildman–Crippen LogP) is 1.85. The first-order valence-corrected chi connectivity index (χ1v) is 6.85. The number of nitrogens with zero attached hydrogens (tertiary/aromatic N) is 1. The Morgan fingerprint density at radius 1 is 1.35 bits per heavy atom. The fourth-order valence-corrected chi connectivity index (χ4v) is 2.10. The van der Waals surface area contributed by atoms with Crippen molar-refractivity contribution in [3.63, 3.8) is 0 Å². The van der Waals surface area contributed by atoms with Gasteiger partial charge in [0.1, 0.15) is 0 Å². The number of carbonyl (C=O) groups is 1. The molecule has 0 radical (unpaired) electrons. The molecule has 0 atom stereocenters. The van der Waals surface area contributed by atoms with E-state index in [1.165, 1.54) is 4.90 Å². The van der Waals surface area contributed by atoms with Crippen molar-refractivity contribution >= 4 is 17.7 Å². The zero-order valence-electron chi connectivity index (χ0n) is 10.5. The number of carbonyl (C=O) groups excluding carboxylic acids is 1. The number of benzene rings is 1. The minimum atomic E-state index is 0.150. The standard InChI is InChI=1S/C13H20N2OS/c1-3-15(2)13(16)11-14-9-10-17-12-7-5-4-6-8-12/h4-8,14H,3,9-11H2,1-2H3. The molecule has 0 aliphatic carbocycles. The Morgan fingerprint density at radius 3 is 2.71 bits per heavy atom. The summed E-state index contributed by atoms with van der Waals surface area (Å²) < 4.78 is 0. The van der Waals surface area contributed by atoms with Gasteiger partial charge in [0, 0.05) is 30.8 Å². The number of nitrogens with one attached hydrogen (secondary N) is 1. The first kappa shape index (κ1) is 14.1. The van der Waals surface area contributed by atoms with Gasteiger partial charge in [0.15, 0.2) is 0 Å². The molecule has 0 heterocycles. The second kappa shape index (κ2) is 8.14. The number of hydrogen-bond donors (Lipinski definition) is 1. The molecular formula is C13H20N2OS. The summed E-state index contributed by atoms with van der Waals surface area (Å²) in [4.78, 5) is 14.5. The van der Waals surface area contributed by atoms with Gasteiger partial charge in [-0.1, -0.05) is 18.2 Å². The molecule has 4 heteroatoms. The van der Waals surface area contributed by atoms with Gasteiger partial charge in [-0.25, -0.2) is 0 Å². The summed E-state index contributed by atoms with van der Waals surface area (Å²) in [6.07, 6.45) is 0. The van der Waals surface area contributed by atoms with Gasteiger partial charge in [0.2, 0.25) is 5.91 Å². The van der Waals surface area contributed by atoms with E-state index in [9.17, 15) is 4.79 Å². The number of thioether (sulfide) groups is 1. The Labute approximate surface area is 108 Å². The highest BCUT2D eigenvalue weighted by atomic mass is 32.2. The van der Waals surface area contributed by atoms with Crippen LogP contribution in [0.2, 0.25) is 0 Å². The molecule has 17 heavy (non-hydrogen) atoms. The van der Waals surface area contributed by atoms with Crippen LogP contribution in [0.15, 0.2) is 35.2 Å². The monoisotopic (exact) mass is 252 g/mol. The molecule has 94 valence electrons. The Hall–Kier alpha value is -1.00. The van der Waals surface area contributed by atoms with Crippen LogP contribution in [-0.2, 0) is 4.79 Å². The molecule has 0 bridgehead atoms. The number of hydrogen-bond acceptors (Lipinski definition) is 3. The van der Waals surface area contributed by atoms with E-state index in [1.807, 2.05) is 32.2 Å². The maximum absolute atomic E-state index is 11.5. The van der Waals surface area contributed by atoms with Crippen LogP contribution in [0, 0.1) is 0 Å². The van der Waals surface area contributed by atoms with Gasteiger partial charge in [-0.05, 0) is 19.1 Å². The molecular weight excluding hydrogens is 232 g/mol. The highest BCUT2D eigenvalue weighted by Crippen LogP contribution is 2.15. The third-order valence-corrected chi connectivity index (χ3v) is 3.48. The number of amides is 1. The van der Waals surface area contributed by atoms with Crippen molar-refractivity contribution in [2.45, 2.75) is 11.8 Å². The van der Waals surface area contributed by atoms with E-state index in [0.29, 0.717) is 6.54 Å². The topological polar surface area (TPSA) is 32.3 Å². The van der Waals surface area contributed by atoms with Gasteiger partial charge in [-0.2, -0.15) is 0 Å². The van der Waals surface area contributed by atoms with E-state index in [0.717, 1.165) is 18.8 Å². The zero-order valence-corrected chi connectivity index (χ0v) is 11.3. The van der Waals surface area contributed by atoms with Gasteiger partial charge in [-0.3, -0.25) is 4.79 Å². The van der Waals surface area contributed by atoms with Crippen molar-refractivity contribution in [3.05, 3.63) is 30.3 Å². The summed E-state index contributed by atoms with van der Waals surface area (Å²) in [6, 6.07) is 10.3. The zero-order chi connectivity index (χ0) is 12.5. The smallest absolute Gasteiger partial charge is 0.236 e. The van der Waals surface area contributed by atoms with Crippen LogP contribution in [0.5, 0.6) is 0 Å². The van der Waals surface area contributed by atoms with Crippen molar-refractivity contribution < 1.29 is 4.79 Å². The number of rotatable bonds is 7. The first-order chi connectivity index (χ1) is 8.24. The van der Waals surface area contributed by atoms with Crippen LogP contribution in [0.3, 0.4) is 0 Å². The molecule has 3 nitrogen and oxygen atoms in total. The normalized spacial score (nSPS) is 10.2. The third-order valence-electron chi connectivity index (χ3n) is 2.47. The van der Waals surface area contributed by atoms with E-state index < -0.39 is 0 Å². The fraction of sp³-hybridized carbons (Fsp3) is 0.462. The maximum atomic E-state index is 11.5. The van der Waals surface area contributed by atoms with Crippen molar-refractivity contribution in [2.24, 2.45) is 0 Å². The Morgan fingerprint density at radius 2 is 2.06 bits per heavy atom. The highest BCUT2D eigenvalue weighted by Gasteiger charge is 2.04. The van der Waals surface area contributed by atoms with E-state index in [1.54, 1.807) is 16.7 Å². The molecule has 0 spiro atoms. The minimum absolute atomic E-state index is 0.150. The van der Waals surface area contributed by atoms with E-state index >= 15 is 0 Å². The van der Waals surface area contributed by atoms with Crippen molar-refractivity contribution in [2.75, 3.05) is 32.4 Å². The molecule has 0 unspecified atom stereocenters. The molecule has 1 aromatic rings. The van der Waals surface area contributed by atoms with E-state index in [2.05, 4.69) is 17.4 Å². The maximum Gasteiger partial charge on any atom is 0.236 e. The van der Waals surface area contributed by atoms with Gasteiger partial charge in [0.05, 0.1) is 6.54 Å². The van der Waals surface area contributed by atoms with Crippen LogP contribution < -0.4 is 5.32 Å². The molecule has 1 rings (SSSR count). The summed E-state index contributed by atoms with van der Waals surface area (Å²) in [5.41, 5.74) is 0. The summed E-state index contributed by atoms with van der Waals surface area (Å²) in [6.45, 7) is 4.02. The van der Waals surface area contributed by atoms with Crippen LogP contribution in [0.1, 0.15) is 6.92 Å². The van der Waals surface area contributed by atoms with Crippen LogP contribution >= 0.6 is 11.8 Å². The van der Waals surface area contributed by atoms with Crippen LogP contribution in [0.4, 0.5) is 0 Å². The van der Waals surface area contributed by atoms with E-state index in [4.69, 9.17) is 0 Å². The lowest BCUT2D eigenvalue weighted by atomic mass is 10.4. The van der Waals surface area contributed by atoms with Crippen molar-refractivity contribution in [1.82, 2.24) is 10.2 Å². The lowest BCUT2D eigenvalue weighted by Gasteiger charge is -2.14. The van der Waals surface area contributed by atoms with Gasteiger partial charge < -0.3 is 10.2 Å². The molecule has 1 N–H and O–H groups in total. The molecule has 0 saturated carbocycles. The summed E-state index contributed by atoms with van der Waals surface area (Å²) >= 11 is 1.80. The number of likely N-dealkylation sites (N-methyl/N-ethyl adjacent to an activating group) is 1. The predicted molar refractivity (Wildman–Crippen MR) is 73.3 cm³/mol. The van der Waals surface area contributed by atoms with Crippen molar-refractivity contribution in [3.8, 4) is 0 Å². The summed E-state index contributed by atoms with van der Waals surface area (Å²) in [5, 5.41) is 3.16. The lowest BCUT2D eigenvalue weighted by molar-refractivity contribution is -0.128. The largest absolute Gasteiger partial charge is 0.345 e. The second-order valence-electron chi connectivity index (χ2n) is 3.75. The van der Waals surface area contributed by atoms with Crippen LogP contribution in [-0.4, -0.2) is 43.2 Å². The van der Waals surface area contributed by atoms with E-state index in [-0.39, 0.29) is 5.91 Å². The fourth-order valence-electron chi connectivity index (χ4n) is 1.26. The quantitative estimate of drug-likeness (QED) is 0.594. The summed E-state index contributed by atoms with van der Waals surface area (Å²) in [7, 11) is 1.82. The molecule has 0 aromatic heterocycles. The molecule has 0 saturated heterocycles. The Balaban J connectivity index is 2.07. The molecule has 0 fully saturated rings.